The van der Waals surface area contributed by atoms with Gasteiger partial charge in [0.25, 0.3) is 0 Å². The Morgan fingerprint density at radius 2 is 1.94 bits per heavy atom. The molecule has 2 unspecified atom stereocenters. The summed E-state index contributed by atoms with van der Waals surface area (Å²) in [7, 11) is -1.49. The van der Waals surface area contributed by atoms with Crippen LogP contribution in [0.3, 0.4) is 0 Å². The second kappa shape index (κ2) is 8.19. The van der Waals surface area contributed by atoms with Crippen molar-refractivity contribution in [3.8, 4) is 0 Å². The summed E-state index contributed by atoms with van der Waals surface area (Å²) < 4.78 is 21.9. The Kier molecular flexibility index (Phi) is 7.23. The fourth-order valence-electron chi connectivity index (χ4n) is 1.49. The molecule has 16 heavy (non-hydrogen) atoms. The molecule has 0 aliphatic carbocycles. The molecular weight excluding hydrogens is 224 g/mol. The van der Waals surface area contributed by atoms with Gasteiger partial charge in [-0.05, 0) is 25.8 Å². The third kappa shape index (κ3) is 5.96. The quantitative estimate of drug-likeness (QED) is 0.333. The highest BCUT2D eigenvalue weighted by atomic mass is 28.3. The molecule has 0 saturated carbocycles. The summed E-state index contributed by atoms with van der Waals surface area (Å²) >= 11 is 0. The lowest BCUT2D eigenvalue weighted by Gasteiger charge is -2.21. The van der Waals surface area contributed by atoms with Crippen LogP contribution in [-0.4, -0.2) is 48.4 Å². The van der Waals surface area contributed by atoms with Gasteiger partial charge in [0.1, 0.15) is 6.10 Å². The van der Waals surface area contributed by atoms with E-state index in [0.717, 1.165) is 39.5 Å². The Morgan fingerprint density at radius 3 is 2.44 bits per heavy atom. The van der Waals surface area contributed by atoms with Gasteiger partial charge in [-0.1, -0.05) is 6.92 Å². The largest absolute Gasteiger partial charge is 0.397 e. The van der Waals surface area contributed by atoms with Gasteiger partial charge >= 0.3 is 9.28 Å². The van der Waals surface area contributed by atoms with Crippen molar-refractivity contribution >= 4 is 9.28 Å². The smallest absolute Gasteiger partial charge is 0.324 e. The maximum absolute atomic E-state index is 5.67. The van der Waals surface area contributed by atoms with Crippen LogP contribution in [0.4, 0.5) is 0 Å². The average Bonchev–Trinajstić information content (AvgIpc) is 3.07. The van der Waals surface area contributed by atoms with E-state index < -0.39 is 9.28 Å². The van der Waals surface area contributed by atoms with Crippen LogP contribution in [0, 0.1) is 0 Å². The molecule has 1 aliphatic rings. The predicted molar refractivity (Wildman–Crippen MR) is 65.0 cm³/mol. The molecule has 0 amide bonds. The fraction of sp³-hybridized carbons (Fsp3) is 1.00. The van der Waals surface area contributed by atoms with Crippen LogP contribution >= 0.6 is 0 Å². The molecule has 5 heteroatoms. The minimum absolute atomic E-state index is 0.363. The van der Waals surface area contributed by atoms with Crippen LogP contribution in [0.5, 0.6) is 0 Å². The van der Waals surface area contributed by atoms with E-state index in [2.05, 4.69) is 6.92 Å². The zero-order chi connectivity index (χ0) is 11.8. The number of rotatable bonds is 10. The van der Waals surface area contributed by atoms with Gasteiger partial charge in [-0.3, -0.25) is 0 Å². The summed E-state index contributed by atoms with van der Waals surface area (Å²) in [5.41, 5.74) is 0.500. The number of epoxide rings is 1. The SMILES string of the molecule is CCO[SiH](OCC)C(C)CCOCC1CO1. The second-order valence-electron chi connectivity index (χ2n) is 4.08. The predicted octanol–water partition coefficient (Wildman–Crippen LogP) is 1.48. The Hall–Kier alpha value is 0.0569. The highest BCUT2D eigenvalue weighted by molar-refractivity contribution is 6.46. The number of hydrogen-bond acceptors (Lipinski definition) is 4. The van der Waals surface area contributed by atoms with E-state index in [1.165, 1.54) is 0 Å². The van der Waals surface area contributed by atoms with Crippen molar-refractivity contribution in [2.75, 3.05) is 33.0 Å². The highest BCUT2D eigenvalue weighted by Gasteiger charge is 2.24. The Labute approximate surface area is 100 Å². The van der Waals surface area contributed by atoms with Crippen molar-refractivity contribution in [2.45, 2.75) is 38.8 Å². The first-order chi connectivity index (χ1) is 7.77. The van der Waals surface area contributed by atoms with Crippen molar-refractivity contribution < 1.29 is 18.3 Å². The van der Waals surface area contributed by atoms with Crippen molar-refractivity contribution in [3.05, 3.63) is 0 Å². The molecular formula is C11H24O4Si. The minimum Gasteiger partial charge on any atom is -0.397 e. The van der Waals surface area contributed by atoms with Gasteiger partial charge < -0.3 is 18.3 Å². The summed E-state index contributed by atoms with van der Waals surface area (Å²) in [5.74, 6) is 0. The molecule has 1 aliphatic heterocycles. The molecule has 0 spiro atoms. The molecule has 1 rings (SSSR count). The molecule has 1 saturated heterocycles. The molecule has 2 atom stereocenters. The summed E-state index contributed by atoms with van der Waals surface area (Å²) in [4.78, 5) is 0. The zero-order valence-electron chi connectivity index (χ0n) is 10.6. The Balaban J connectivity index is 2.05. The van der Waals surface area contributed by atoms with Gasteiger partial charge in [-0.15, -0.1) is 0 Å². The minimum atomic E-state index is -1.49. The van der Waals surface area contributed by atoms with Gasteiger partial charge in [0.05, 0.1) is 13.2 Å². The first kappa shape index (κ1) is 14.1. The van der Waals surface area contributed by atoms with E-state index in [9.17, 15) is 0 Å². The third-order valence-electron chi connectivity index (χ3n) is 2.55. The lowest BCUT2D eigenvalue weighted by Crippen LogP contribution is -2.28. The van der Waals surface area contributed by atoms with Gasteiger partial charge in [0.2, 0.25) is 0 Å². The molecule has 0 aromatic carbocycles. The Bertz CT molecular complexity index is 169. The lowest BCUT2D eigenvalue weighted by molar-refractivity contribution is 0.110. The van der Waals surface area contributed by atoms with Gasteiger partial charge in [-0.2, -0.15) is 0 Å². The van der Waals surface area contributed by atoms with E-state index in [1.807, 2.05) is 13.8 Å². The molecule has 0 bridgehead atoms. The maximum atomic E-state index is 5.67. The van der Waals surface area contributed by atoms with Crippen LogP contribution in [0.15, 0.2) is 0 Å². The van der Waals surface area contributed by atoms with Crippen LogP contribution in [0.1, 0.15) is 27.2 Å². The number of hydrogen-bond donors (Lipinski definition) is 0. The van der Waals surface area contributed by atoms with Crippen molar-refractivity contribution in [2.24, 2.45) is 0 Å². The third-order valence-corrected chi connectivity index (χ3v) is 5.14. The molecule has 1 fully saturated rings. The van der Waals surface area contributed by atoms with E-state index >= 15 is 0 Å². The summed E-state index contributed by atoms with van der Waals surface area (Å²) in [6.45, 7) is 10.1. The molecule has 4 nitrogen and oxygen atoms in total. The molecule has 0 N–H and O–H groups in total. The average molecular weight is 248 g/mol. The normalized spacial score (nSPS) is 21.4. The summed E-state index contributed by atoms with van der Waals surface area (Å²) in [5, 5.41) is 0. The highest BCUT2D eigenvalue weighted by Crippen LogP contribution is 2.17. The molecule has 0 radical (unpaired) electrons. The lowest BCUT2D eigenvalue weighted by atomic mass is 10.3. The van der Waals surface area contributed by atoms with E-state index in [-0.39, 0.29) is 0 Å². The molecule has 0 aromatic rings. The molecule has 96 valence electrons. The molecule has 0 aromatic heterocycles. The molecule has 1 heterocycles. The van der Waals surface area contributed by atoms with Crippen molar-refractivity contribution in [3.63, 3.8) is 0 Å². The first-order valence-electron chi connectivity index (χ1n) is 6.20. The van der Waals surface area contributed by atoms with Crippen LogP contribution in [-0.2, 0) is 18.3 Å². The van der Waals surface area contributed by atoms with Crippen molar-refractivity contribution in [1.82, 2.24) is 0 Å². The number of ether oxygens (including phenoxy) is 2. The van der Waals surface area contributed by atoms with E-state index in [4.69, 9.17) is 18.3 Å². The van der Waals surface area contributed by atoms with E-state index in [1.54, 1.807) is 0 Å². The fourth-order valence-corrected chi connectivity index (χ4v) is 3.31. The first-order valence-corrected chi connectivity index (χ1v) is 7.81. The maximum Gasteiger partial charge on any atom is 0.324 e. The van der Waals surface area contributed by atoms with Gasteiger partial charge in [0, 0.05) is 19.8 Å². The monoisotopic (exact) mass is 248 g/mol. The summed E-state index contributed by atoms with van der Waals surface area (Å²) in [6, 6.07) is 0. The standard InChI is InChI=1S/C11H24O4Si/c1-4-14-16(15-5-2)10(3)6-7-12-8-11-9-13-11/h10-11,16H,4-9H2,1-3H3. The second-order valence-corrected chi connectivity index (χ2v) is 6.62. The Morgan fingerprint density at radius 1 is 1.31 bits per heavy atom. The summed E-state index contributed by atoms with van der Waals surface area (Å²) in [6.07, 6.45) is 1.38. The van der Waals surface area contributed by atoms with Crippen LogP contribution in [0.2, 0.25) is 5.54 Å². The van der Waals surface area contributed by atoms with Crippen LogP contribution in [0.25, 0.3) is 0 Å². The van der Waals surface area contributed by atoms with Gasteiger partial charge in [0.15, 0.2) is 0 Å². The zero-order valence-corrected chi connectivity index (χ0v) is 11.8. The van der Waals surface area contributed by atoms with Crippen LogP contribution < -0.4 is 0 Å². The van der Waals surface area contributed by atoms with E-state index in [0.29, 0.717) is 11.6 Å². The van der Waals surface area contributed by atoms with Crippen molar-refractivity contribution in [1.29, 1.82) is 0 Å². The topological polar surface area (TPSA) is 40.2 Å². The van der Waals surface area contributed by atoms with Gasteiger partial charge in [-0.25, -0.2) is 0 Å².